The molecular formula is C12H18Cl2N2. The van der Waals surface area contributed by atoms with E-state index in [1.807, 2.05) is 19.2 Å². The first kappa shape index (κ1) is 13.8. The van der Waals surface area contributed by atoms with Crippen molar-refractivity contribution in [2.75, 3.05) is 20.1 Å². The quantitative estimate of drug-likeness (QED) is 0.855. The van der Waals surface area contributed by atoms with Gasteiger partial charge in [-0.25, -0.2) is 0 Å². The molecule has 0 aromatic heterocycles. The molecule has 90 valence electrons. The van der Waals surface area contributed by atoms with Crippen molar-refractivity contribution in [3.63, 3.8) is 0 Å². The molecule has 1 aliphatic rings. The van der Waals surface area contributed by atoms with Crippen LogP contribution in [0.15, 0.2) is 24.3 Å². The van der Waals surface area contributed by atoms with Gasteiger partial charge in [-0.05, 0) is 38.6 Å². The summed E-state index contributed by atoms with van der Waals surface area (Å²) >= 11 is 11.2. The van der Waals surface area contributed by atoms with Gasteiger partial charge in [0.1, 0.15) is 0 Å². The van der Waals surface area contributed by atoms with Crippen LogP contribution in [-0.2, 0) is 0 Å². The predicted molar refractivity (Wildman–Crippen MR) is 71.4 cm³/mol. The number of benzene rings is 1. The van der Waals surface area contributed by atoms with Crippen molar-refractivity contribution in [1.29, 1.82) is 0 Å². The Kier molecular flexibility index (Phi) is 6.81. The molecule has 0 aliphatic carbocycles. The van der Waals surface area contributed by atoms with Gasteiger partial charge in [-0.15, -0.1) is 0 Å². The smallest absolute Gasteiger partial charge is 0.0592 e. The normalized spacial score (nSPS) is 19.1. The van der Waals surface area contributed by atoms with E-state index in [1.54, 1.807) is 12.1 Å². The van der Waals surface area contributed by atoms with Crippen molar-refractivity contribution in [2.24, 2.45) is 0 Å². The van der Waals surface area contributed by atoms with Crippen LogP contribution in [0.25, 0.3) is 0 Å². The molecule has 1 aromatic rings. The molecule has 1 heterocycles. The third-order valence-electron chi connectivity index (χ3n) is 2.44. The molecule has 2 N–H and O–H groups in total. The van der Waals surface area contributed by atoms with Gasteiger partial charge in [0.2, 0.25) is 0 Å². The van der Waals surface area contributed by atoms with Gasteiger partial charge in [0.25, 0.3) is 0 Å². The highest BCUT2D eigenvalue weighted by atomic mass is 35.5. The van der Waals surface area contributed by atoms with E-state index in [-0.39, 0.29) is 0 Å². The van der Waals surface area contributed by atoms with Gasteiger partial charge in [0.15, 0.2) is 0 Å². The van der Waals surface area contributed by atoms with Gasteiger partial charge < -0.3 is 10.6 Å². The minimum Gasteiger partial charge on any atom is -0.318 e. The summed E-state index contributed by atoms with van der Waals surface area (Å²) in [7, 11) is 2.00. The van der Waals surface area contributed by atoms with Gasteiger partial charge in [0, 0.05) is 12.6 Å². The first-order chi connectivity index (χ1) is 7.74. The summed E-state index contributed by atoms with van der Waals surface area (Å²) in [5, 5.41) is 7.75. The monoisotopic (exact) mass is 260 g/mol. The predicted octanol–water partition coefficient (Wildman–Crippen LogP) is 2.95. The van der Waals surface area contributed by atoms with Crippen LogP contribution in [-0.4, -0.2) is 26.2 Å². The number of halogens is 2. The fourth-order valence-corrected chi connectivity index (χ4v) is 1.89. The summed E-state index contributed by atoms with van der Waals surface area (Å²) in [4.78, 5) is 0. The second-order valence-electron chi connectivity index (χ2n) is 3.77. The van der Waals surface area contributed by atoms with Gasteiger partial charge in [0.05, 0.1) is 10.0 Å². The van der Waals surface area contributed by atoms with Crippen molar-refractivity contribution in [3.8, 4) is 0 Å². The SMILES string of the molecule is CNCC1CCCN1.Clc1ccccc1Cl. The van der Waals surface area contributed by atoms with Crippen LogP contribution in [0.1, 0.15) is 12.8 Å². The molecule has 16 heavy (non-hydrogen) atoms. The zero-order chi connectivity index (χ0) is 11.8. The average molecular weight is 261 g/mol. The molecule has 0 spiro atoms. The molecule has 2 nitrogen and oxygen atoms in total. The number of rotatable bonds is 2. The van der Waals surface area contributed by atoms with Gasteiger partial charge in [-0.1, -0.05) is 35.3 Å². The standard InChI is InChI=1S/C6H4Cl2.C6H14N2/c7-5-3-1-2-4-6(5)8;1-7-5-6-3-2-4-8-6/h1-4H;6-8H,2-5H2,1H3. The summed E-state index contributed by atoms with van der Waals surface area (Å²) in [5.74, 6) is 0. The Balaban J connectivity index is 0.000000160. The van der Waals surface area contributed by atoms with Crippen LogP contribution in [0.3, 0.4) is 0 Å². The van der Waals surface area contributed by atoms with Gasteiger partial charge >= 0.3 is 0 Å². The number of hydrogen-bond acceptors (Lipinski definition) is 2. The summed E-state index contributed by atoms with van der Waals surface area (Å²) in [6.07, 6.45) is 2.70. The van der Waals surface area contributed by atoms with E-state index >= 15 is 0 Å². The molecule has 0 amide bonds. The molecule has 0 saturated carbocycles. The topological polar surface area (TPSA) is 24.1 Å². The lowest BCUT2D eigenvalue weighted by atomic mass is 10.2. The molecule has 1 aromatic carbocycles. The Morgan fingerprint density at radius 1 is 1.31 bits per heavy atom. The van der Waals surface area contributed by atoms with E-state index in [2.05, 4.69) is 10.6 Å². The minimum absolute atomic E-state index is 0.606. The molecule has 1 unspecified atom stereocenters. The molecule has 1 atom stereocenters. The van der Waals surface area contributed by atoms with Crippen molar-refractivity contribution >= 4 is 23.2 Å². The molecule has 1 saturated heterocycles. The number of hydrogen-bond donors (Lipinski definition) is 2. The van der Waals surface area contributed by atoms with E-state index in [0.29, 0.717) is 10.0 Å². The van der Waals surface area contributed by atoms with Crippen LogP contribution >= 0.6 is 23.2 Å². The fraction of sp³-hybridized carbons (Fsp3) is 0.500. The lowest BCUT2D eigenvalue weighted by molar-refractivity contribution is 0.568. The molecule has 1 fully saturated rings. The Morgan fingerprint density at radius 2 is 1.94 bits per heavy atom. The van der Waals surface area contributed by atoms with E-state index in [9.17, 15) is 0 Å². The van der Waals surface area contributed by atoms with E-state index < -0.39 is 0 Å². The maximum Gasteiger partial charge on any atom is 0.0592 e. The van der Waals surface area contributed by atoms with Crippen LogP contribution < -0.4 is 10.6 Å². The molecule has 0 radical (unpaired) electrons. The molecule has 1 aliphatic heterocycles. The molecule has 4 heteroatoms. The van der Waals surface area contributed by atoms with Crippen molar-refractivity contribution < 1.29 is 0 Å². The Bertz CT molecular complexity index is 278. The molecular weight excluding hydrogens is 243 g/mol. The van der Waals surface area contributed by atoms with Crippen LogP contribution in [0.5, 0.6) is 0 Å². The first-order valence-corrected chi connectivity index (χ1v) is 6.27. The zero-order valence-electron chi connectivity index (χ0n) is 9.47. The summed E-state index contributed by atoms with van der Waals surface area (Å²) in [6.45, 7) is 2.34. The third kappa shape index (κ3) is 5.17. The third-order valence-corrected chi connectivity index (χ3v) is 3.19. The van der Waals surface area contributed by atoms with Crippen LogP contribution in [0.2, 0.25) is 10.0 Å². The van der Waals surface area contributed by atoms with Crippen molar-refractivity contribution in [3.05, 3.63) is 34.3 Å². The second kappa shape index (κ2) is 7.91. The first-order valence-electron chi connectivity index (χ1n) is 5.52. The Morgan fingerprint density at radius 3 is 2.31 bits per heavy atom. The molecule has 2 rings (SSSR count). The van der Waals surface area contributed by atoms with Gasteiger partial charge in [-0.3, -0.25) is 0 Å². The number of likely N-dealkylation sites (N-methyl/N-ethyl adjacent to an activating group) is 1. The van der Waals surface area contributed by atoms with Crippen molar-refractivity contribution in [2.45, 2.75) is 18.9 Å². The zero-order valence-corrected chi connectivity index (χ0v) is 11.0. The maximum absolute atomic E-state index is 5.58. The van der Waals surface area contributed by atoms with E-state index in [4.69, 9.17) is 23.2 Å². The average Bonchev–Trinajstić information content (AvgIpc) is 2.77. The second-order valence-corrected chi connectivity index (χ2v) is 4.58. The Hall–Kier alpha value is -0.280. The van der Waals surface area contributed by atoms with E-state index in [0.717, 1.165) is 12.6 Å². The lowest BCUT2D eigenvalue weighted by Gasteiger charge is -2.06. The van der Waals surface area contributed by atoms with Gasteiger partial charge in [-0.2, -0.15) is 0 Å². The fourth-order valence-electron chi connectivity index (χ4n) is 1.62. The van der Waals surface area contributed by atoms with Crippen molar-refractivity contribution in [1.82, 2.24) is 10.6 Å². The highest BCUT2D eigenvalue weighted by Crippen LogP contribution is 2.19. The summed E-state index contributed by atoms with van der Waals surface area (Å²) < 4.78 is 0. The molecule has 0 bridgehead atoms. The highest BCUT2D eigenvalue weighted by Gasteiger charge is 2.11. The minimum atomic E-state index is 0.606. The largest absolute Gasteiger partial charge is 0.318 e. The van der Waals surface area contributed by atoms with E-state index in [1.165, 1.54) is 19.4 Å². The maximum atomic E-state index is 5.58. The summed E-state index contributed by atoms with van der Waals surface area (Å²) in [6, 6.07) is 7.94. The number of nitrogens with one attached hydrogen (secondary N) is 2. The Labute approximate surface area is 107 Å². The lowest BCUT2D eigenvalue weighted by Crippen LogP contribution is -2.31. The summed E-state index contributed by atoms with van der Waals surface area (Å²) in [5.41, 5.74) is 0. The highest BCUT2D eigenvalue weighted by molar-refractivity contribution is 6.41. The van der Waals surface area contributed by atoms with Crippen LogP contribution in [0.4, 0.5) is 0 Å². The van der Waals surface area contributed by atoms with Crippen LogP contribution in [0, 0.1) is 0 Å².